The summed E-state index contributed by atoms with van der Waals surface area (Å²) in [4.78, 5) is 29.1. The van der Waals surface area contributed by atoms with E-state index >= 15 is 0 Å². The summed E-state index contributed by atoms with van der Waals surface area (Å²) in [5.41, 5.74) is 6.74. The van der Waals surface area contributed by atoms with Crippen LogP contribution in [0.2, 0.25) is 5.02 Å². The van der Waals surface area contributed by atoms with Gasteiger partial charge in [0.2, 0.25) is 5.72 Å². The van der Waals surface area contributed by atoms with Crippen LogP contribution in [-0.2, 0) is 32.3 Å². The summed E-state index contributed by atoms with van der Waals surface area (Å²) in [6.07, 6.45) is -2.22. The van der Waals surface area contributed by atoms with Crippen LogP contribution in [0.25, 0.3) is 10.4 Å². The molecule has 0 spiro atoms. The van der Waals surface area contributed by atoms with Gasteiger partial charge in [0.1, 0.15) is 12.2 Å². The maximum Gasteiger partial charge on any atom is 0.475 e. The fourth-order valence-electron chi connectivity index (χ4n) is 4.52. The summed E-state index contributed by atoms with van der Waals surface area (Å²) in [6, 6.07) is 8.03. The molecule has 1 aromatic carbocycles. The van der Waals surface area contributed by atoms with Crippen molar-refractivity contribution in [2.45, 2.75) is 56.3 Å². The van der Waals surface area contributed by atoms with Crippen molar-refractivity contribution in [3.8, 4) is 0 Å². The Morgan fingerprint density at radius 3 is 2.84 bits per heavy atom. The van der Waals surface area contributed by atoms with Gasteiger partial charge >= 0.3 is 13.5 Å². The molecule has 5 rings (SSSR count). The van der Waals surface area contributed by atoms with Gasteiger partial charge in [0, 0.05) is 28.6 Å². The van der Waals surface area contributed by atoms with Crippen LogP contribution in [-0.4, -0.2) is 46.5 Å². The molecule has 0 radical (unpaired) electrons. The molecule has 3 fully saturated rings. The Bertz CT molecular complexity index is 1410. The molecule has 6 atom stereocenters. The molecule has 0 saturated carbocycles. The van der Waals surface area contributed by atoms with Gasteiger partial charge in [-0.25, -0.2) is 9.36 Å². The maximum absolute atomic E-state index is 13.4. The number of ether oxygens (including phenoxy) is 3. The summed E-state index contributed by atoms with van der Waals surface area (Å²) in [7, 11) is -4.16. The minimum absolute atomic E-state index is 0.0674. The van der Waals surface area contributed by atoms with Gasteiger partial charge in [-0.2, -0.15) is 0 Å². The van der Waals surface area contributed by atoms with Gasteiger partial charge in [-0.15, -0.1) is 0 Å². The lowest BCUT2D eigenvalue weighted by Gasteiger charge is -2.33. The standard InChI is InChI=1S/C21H23ClN5O9P/c1-20(2)33-16-17(34-20)21(25-26-23,35-18(16)27-8-6-15(28)24-19(27)29)11-32-37(30)31-9-7-14(36-37)12-4-3-5-13(22)10-12/h3-6,8,10,14,16-18H,7,9,11H2,1-2H3,(H,24,28,29)/t14-,16+,17-,18+,21+,37+/m0/s1. The summed E-state index contributed by atoms with van der Waals surface area (Å²) in [6.45, 7) is 2.71. The minimum Gasteiger partial charge on any atom is -0.341 e. The van der Waals surface area contributed by atoms with Crippen LogP contribution in [0.1, 0.15) is 38.2 Å². The van der Waals surface area contributed by atoms with E-state index in [0.717, 1.165) is 10.6 Å². The molecule has 1 aromatic heterocycles. The molecule has 1 N–H and O–H groups in total. The molecule has 4 heterocycles. The molecule has 0 aliphatic carbocycles. The molecule has 3 aliphatic heterocycles. The number of azide groups is 1. The first-order valence-electron chi connectivity index (χ1n) is 11.3. The number of aromatic amines is 1. The number of phosphoric acid groups is 1. The number of phosphoric ester groups is 1. The highest BCUT2D eigenvalue weighted by Gasteiger charge is 2.64. The van der Waals surface area contributed by atoms with E-state index in [2.05, 4.69) is 15.0 Å². The van der Waals surface area contributed by atoms with Crippen molar-refractivity contribution in [2.75, 3.05) is 13.2 Å². The molecule has 0 bridgehead atoms. The number of nitrogens with zero attached hydrogens (tertiary/aromatic N) is 4. The van der Waals surface area contributed by atoms with E-state index in [1.165, 1.54) is 6.20 Å². The van der Waals surface area contributed by atoms with E-state index in [1.807, 2.05) is 0 Å². The Labute approximate surface area is 214 Å². The summed E-state index contributed by atoms with van der Waals surface area (Å²) in [5.74, 6) is -1.15. The largest absolute Gasteiger partial charge is 0.475 e. The zero-order valence-electron chi connectivity index (χ0n) is 19.7. The van der Waals surface area contributed by atoms with E-state index in [1.54, 1.807) is 38.1 Å². The number of rotatable bonds is 6. The summed E-state index contributed by atoms with van der Waals surface area (Å²) in [5, 5.41) is 4.27. The molecule has 0 amide bonds. The fraction of sp³-hybridized carbons (Fsp3) is 0.524. The molecular formula is C21H23ClN5O9P. The maximum atomic E-state index is 13.4. The summed E-state index contributed by atoms with van der Waals surface area (Å²) < 4.78 is 49.1. The van der Waals surface area contributed by atoms with Gasteiger partial charge in [0.25, 0.3) is 5.56 Å². The number of halogens is 1. The highest BCUT2D eigenvalue weighted by atomic mass is 35.5. The number of benzene rings is 1. The van der Waals surface area contributed by atoms with Crippen LogP contribution in [0.15, 0.2) is 51.2 Å². The average molecular weight is 556 g/mol. The first kappa shape index (κ1) is 26.1. The molecule has 3 saturated heterocycles. The molecular weight excluding hydrogens is 533 g/mol. The Kier molecular flexibility index (Phi) is 6.82. The van der Waals surface area contributed by atoms with Crippen molar-refractivity contribution in [2.24, 2.45) is 5.11 Å². The zero-order valence-corrected chi connectivity index (χ0v) is 21.3. The number of fused-ring (bicyclic) bond motifs is 1. The Morgan fingerprint density at radius 2 is 2.11 bits per heavy atom. The molecule has 0 unspecified atom stereocenters. The first-order valence-corrected chi connectivity index (χ1v) is 13.1. The van der Waals surface area contributed by atoms with Crippen molar-refractivity contribution in [1.29, 1.82) is 0 Å². The highest BCUT2D eigenvalue weighted by Crippen LogP contribution is 2.59. The Balaban J connectivity index is 1.43. The van der Waals surface area contributed by atoms with E-state index in [-0.39, 0.29) is 6.61 Å². The van der Waals surface area contributed by atoms with E-state index in [4.69, 9.17) is 39.4 Å². The van der Waals surface area contributed by atoms with Crippen LogP contribution in [0.5, 0.6) is 0 Å². The monoisotopic (exact) mass is 555 g/mol. The Hall–Kier alpha value is -2.51. The van der Waals surface area contributed by atoms with Gasteiger partial charge in [-0.1, -0.05) is 28.8 Å². The number of nitrogens with one attached hydrogen (secondary N) is 1. The minimum atomic E-state index is -4.16. The van der Waals surface area contributed by atoms with Gasteiger partial charge in [-0.3, -0.25) is 27.9 Å². The zero-order chi connectivity index (χ0) is 26.4. The highest BCUT2D eigenvalue weighted by molar-refractivity contribution is 7.48. The second-order valence-corrected chi connectivity index (χ2v) is 11.1. The van der Waals surface area contributed by atoms with Crippen molar-refractivity contribution in [3.63, 3.8) is 0 Å². The van der Waals surface area contributed by atoms with E-state index < -0.39 is 61.7 Å². The second kappa shape index (κ2) is 9.66. The SMILES string of the molecule is CC1(C)O[C@H]2[C@H](n3ccc(=O)[nH]c3=O)O[C@@](CO[P@@]3(=O)OCC[C@@H](c4cccc(Cl)c4)O3)(N=[N+]=[N-])[C@H]2O1. The van der Waals surface area contributed by atoms with Crippen LogP contribution in [0, 0.1) is 0 Å². The lowest BCUT2D eigenvalue weighted by Crippen LogP contribution is -2.45. The van der Waals surface area contributed by atoms with Crippen LogP contribution in [0.3, 0.4) is 0 Å². The quantitative estimate of drug-likeness (QED) is 0.241. The third kappa shape index (κ3) is 5.13. The molecule has 14 nitrogen and oxygen atoms in total. The summed E-state index contributed by atoms with van der Waals surface area (Å²) >= 11 is 6.07. The van der Waals surface area contributed by atoms with E-state index in [0.29, 0.717) is 17.0 Å². The molecule has 3 aliphatic rings. The average Bonchev–Trinajstić information content (AvgIpc) is 3.30. The first-order chi connectivity index (χ1) is 17.5. The number of aromatic nitrogens is 2. The normalized spacial score (nSPS) is 34.6. The molecule has 198 valence electrons. The second-order valence-electron chi connectivity index (χ2n) is 9.07. The number of hydrogen-bond donors (Lipinski definition) is 1. The molecule has 16 heteroatoms. The fourth-order valence-corrected chi connectivity index (χ4v) is 6.12. The van der Waals surface area contributed by atoms with Crippen LogP contribution >= 0.6 is 19.4 Å². The van der Waals surface area contributed by atoms with Crippen molar-refractivity contribution in [1.82, 2.24) is 9.55 Å². The van der Waals surface area contributed by atoms with Crippen molar-refractivity contribution in [3.05, 3.63) is 78.4 Å². The predicted octanol–water partition coefficient (Wildman–Crippen LogP) is 3.55. The Morgan fingerprint density at radius 1 is 1.30 bits per heavy atom. The number of hydrogen-bond acceptors (Lipinski definition) is 10. The van der Waals surface area contributed by atoms with Gasteiger partial charge < -0.3 is 14.2 Å². The lowest BCUT2D eigenvalue weighted by atomic mass is 10.1. The van der Waals surface area contributed by atoms with Crippen molar-refractivity contribution >= 4 is 19.4 Å². The topological polar surface area (TPSA) is 176 Å². The lowest BCUT2D eigenvalue weighted by molar-refractivity contribution is -0.225. The van der Waals surface area contributed by atoms with Crippen LogP contribution in [0.4, 0.5) is 0 Å². The third-order valence-corrected chi connectivity index (χ3v) is 7.75. The van der Waals surface area contributed by atoms with Gasteiger partial charge in [0.05, 0.1) is 19.3 Å². The van der Waals surface area contributed by atoms with E-state index in [9.17, 15) is 19.7 Å². The number of H-pyrrole nitrogens is 1. The van der Waals surface area contributed by atoms with Crippen LogP contribution < -0.4 is 11.2 Å². The smallest absolute Gasteiger partial charge is 0.341 e. The van der Waals surface area contributed by atoms with Gasteiger partial charge in [0.15, 0.2) is 12.0 Å². The predicted molar refractivity (Wildman–Crippen MR) is 127 cm³/mol. The molecule has 2 aromatic rings. The molecule has 37 heavy (non-hydrogen) atoms. The van der Waals surface area contributed by atoms with Gasteiger partial charge in [-0.05, 0) is 37.1 Å². The van der Waals surface area contributed by atoms with Crippen molar-refractivity contribution < 1.29 is 32.3 Å². The third-order valence-electron chi connectivity index (χ3n) is 6.05.